The second-order valence-corrected chi connectivity index (χ2v) is 7.52. The molecule has 3 aromatic rings. The average Bonchev–Trinajstić information content (AvgIpc) is 2.83. The Morgan fingerprint density at radius 2 is 1.76 bits per heavy atom. The van der Waals surface area contributed by atoms with E-state index in [0.29, 0.717) is 9.92 Å². The van der Waals surface area contributed by atoms with Crippen LogP contribution in [0.25, 0.3) is 10.9 Å². The molecule has 0 fully saturated rings. The van der Waals surface area contributed by atoms with Gasteiger partial charge in [-0.1, -0.05) is 23.7 Å². The number of halogens is 1. The van der Waals surface area contributed by atoms with Crippen molar-refractivity contribution in [2.75, 3.05) is 6.26 Å². The van der Waals surface area contributed by atoms with Gasteiger partial charge in [0.2, 0.25) is 0 Å². The summed E-state index contributed by atoms with van der Waals surface area (Å²) in [7, 11) is -3.17. The smallest absolute Gasteiger partial charge is 0.175 e. The first kappa shape index (κ1) is 14.2. The maximum Gasteiger partial charge on any atom is 0.175 e. The zero-order valence-corrected chi connectivity index (χ0v) is 13.0. The fourth-order valence-electron chi connectivity index (χ4n) is 2.33. The zero-order chi connectivity index (χ0) is 15.0. The number of nitrogens with zero attached hydrogens (tertiary/aromatic N) is 1. The zero-order valence-electron chi connectivity index (χ0n) is 11.5. The average molecular weight is 320 g/mol. The Balaban J connectivity index is 1.99. The van der Waals surface area contributed by atoms with Crippen LogP contribution in [-0.4, -0.2) is 19.2 Å². The van der Waals surface area contributed by atoms with E-state index >= 15 is 0 Å². The van der Waals surface area contributed by atoms with E-state index in [9.17, 15) is 8.42 Å². The highest BCUT2D eigenvalue weighted by atomic mass is 35.5. The highest BCUT2D eigenvalue weighted by molar-refractivity contribution is 7.90. The number of aromatic nitrogens is 1. The predicted molar refractivity (Wildman–Crippen MR) is 85.6 cm³/mol. The first-order valence-electron chi connectivity index (χ1n) is 6.47. The van der Waals surface area contributed by atoms with E-state index in [1.807, 2.05) is 42.6 Å². The number of sulfone groups is 1. The molecule has 5 heteroatoms. The molecule has 0 bridgehead atoms. The Labute approximate surface area is 128 Å². The SMILES string of the molecule is CS(=O)(=O)c1ccc2c(ccn2Cc2ccc(Cl)cc2)c1. The van der Waals surface area contributed by atoms with Gasteiger partial charge in [-0.3, -0.25) is 0 Å². The molecule has 0 saturated heterocycles. The van der Waals surface area contributed by atoms with Crippen LogP contribution in [0.2, 0.25) is 5.02 Å². The number of fused-ring (bicyclic) bond motifs is 1. The molecule has 3 rings (SSSR count). The van der Waals surface area contributed by atoms with Gasteiger partial charge in [-0.2, -0.15) is 0 Å². The van der Waals surface area contributed by atoms with Crippen LogP contribution in [0.4, 0.5) is 0 Å². The third-order valence-corrected chi connectivity index (χ3v) is 4.80. The van der Waals surface area contributed by atoms with E-state index < -0.39 is 9.84 Å². The maximum atomic E-state index is 11.6. The van der Waals surface area contributed by atoms with Gasteiger partial charge in [-0.15, -0.1) is 0 Å². The van der Waals surface area contributed by atoms with E-state index in [1.54, 1.807) is 12.1 Å². The van der Waals surface area contributed by atoms with Gasteiger partial charge in [0, 0.05) is 34.9 Å². The molecule has 0 radical (unpaired) electrons. The van der Waals surface area contributed by atoms with Gasteiger partial charge in [0.1, 0.15) is 0 Å². The normalized spacial score (nSPS) is 11.9. The Bertz CT molecular complexity index is 896. The molecule has 108 valence electrons. The molecule has 0 N–H and O–H groups in total. The number of benzene rings is 2. The van der Waals surface area contributed by atoms with Crippen LogP contribution in [0, 0.1) is 0 Å². The third kappa shape index (κ3) is 2.96. The van der Waals surface area contributed by atoms with Gasteiger partial charge >= 0.3 is 0 Å². The quantitative estimate of drug-likeness (QED) is 0.737. The second-order valence-electron chi connectivity index (χ2n) is 5.06. The van der Waals surface area contributed by atoms with Crippen LogP contribution in [-0.2, 0) is 16.4 Å². The Kier molecular flexibility index (Phi) is 3.51. The van der Waals surface area contributed by atoms with E-state index in [2.05, 4.69) is 4.57 Å². The summed E-state index contributed by atoms with van der Waals surface area (Å²) >= 11 is 5.89. The van der Waals surface area contributed by atoms with E-state index in [0.717, 1.165) is 23.0 Å². The summed E-state index contributed by atoms with van der Waals surface area (Å²) in [5.41, 5.74) is 2.15. The predicted octanol–water partition coefficient (Wildman–Crippen LogP) is 3.75. The Morgan fingerprint density at radius 1 is 1.05 bits per heavy atom. The number of hydrogen-bond donors (Lipinski definition) is 0. The van der Waals surface area contributed by atoms with Crippen LogP contribution in [0.3, 0.4) is 0 Å². The summed E-state index contributed by atoms with van der Waals surface area (Å²) < 4.78 is 25.3. The Hall–Kier alpha value is -1.78. The molecule has 2 aromatic carbocycles. The van der Waals surface area contributed by atoms with Crippen molar-refractivity contribution in [3.63, 3.8) is 0 Å². The van der Waals surface area contributed by atoms with E-state index in [-0.39, 0.29) is 0 Å². The molecule has 1 aromatic heterocycles. The van der Waals surface area contributed by atoms with Gasteiger partial charge in [0.25, 0.3) is 0 Å². The molecule has 0 spiro atoms. The Morgan fingerprint density at radius 3 is 2.43 bits per heavy atom. The first-order chi connectivity index (χ1) is 9.93. The number of hydrogen-bond acceptors (Lipinski definition) is 2. The van der Waals surface area contributed by atoms with Gasteiger partial charge in [-0.25, -0.2) is 8.42 Å². The lowest BCUT2D eigenvalue weighted by molar-refractivity contribution is 0.602. The van der Waals surface area contributed by atoms with Gasteiger partial charge in [-0.05, 0) is 42.0 Å². The summed E-state index contributed by atoms with van der Waals surface area (Å²) in [5, 5.41) is 1.64. The fraction of sp³-hybridized carbons (Fsp3) is 0.125. The molecule has 3 nitrogen and oxygen atoms in total. The summed E-state index contributed by atoms with van der Waals surface area (Å²) in [6.07, 6.45) is 3.18. The van der Waals surface area contributed by atoms with Gasteiger partial charge < -0.3 is 4.57 Å². The van der Waals surface area contributed by atoms with Crippen LogP contribution in [0.15, 0.2) is 59.6 Å². The van der Waals surface area contributed by atoms with Crippen LogP contribution >= 0.6 is 11.6 Å². The lowest BCUT2D eigenvalue weighted by atomic mass is 10.2. The van der Waals surface area contributed by atoms with Crippen LogP contribution in [0.5, 0.6) is 0 Å². The van der Waals surface area contributed by atoms with Crippen LogP contribution < -0.4 is 0 Å². The van der Waals surface area contributed by atoms with Crippen molar-refractivity contribution in [2.45, 2.75) is 11.4 Å². The van der Waals surface area contributed by atoms with Crippen molar-refractivity contribution in [3.8, 4) is 0 Å². The van der Waals surface area contributed by atoms with E-state index in [4.69, 9.17) is 11.6 Å². The number of rotatable bonds is 3. The van der Waals surface area contributed by atoms with Crippen molar-refractivity contribution >= 4 is 32.3 Å². The molecule has 0 aliphatic carbocycles. The monoisotopic (exact) mass is 319 g/mol. The van der Waals surface area contributed by atoms with Gasteiger partial charge in [0.05, 0.1) is 4.90 Å². The van der Waals surface area contributed by atoms with Crippen molar-refractivity contribution < 1.29 is 8.42 Å². The molecular formula is C16H14ClNO2S. The topological polar surface area (TPSA) is 39.1 Å². The minimum atomic E-state index is -3.17. The molecular weight excluding hydrogens is 306 g/mol. The molecule has 0 atom stereocenters. The molecule has 0 aliphatic heterocycles. The second kappa shape index (κ2) is 5.20. The first-order valence-corrected chi connectivity index (χ1v) is 8.74. The van der Waals surface area contributed by atoms with E-state index in [1.165, 1.54) is 6.26 Å². The summed E-state index contributed by atoms with van der Waals surface area (Å²) in [6, 6.07) is 14.8. The van der Waals surface area contributed by atoms with Crippen molar-refractivity contribution in [2.24, 2.45) is 0 Å². The lowest BCUT2D eigenvalue weighted by Gasteiger charge is -2.06. The molecule has 0 amide bonds. The highest BCUT2D eigenvalue weighted by Gasteiger charge is 2.09. The molecule has 0 aliphatic rings. The largest absolute Gasteiger partial charge is 0.343 e. The van der Waals surface area contributed by atoms with Crippen molar-refractivity contribution in [1.82, 2.24) is 4.57 Å². The minimum absolute atomic E-state index is 0.347. The highest BCUT2D eigenvalue weighted by Crippen LogP contribution is 2.21. The molecule has 0 unspecified atom stereocenters. The summed E-state index contributed by atoms with van der Waals surface area (Å²) in [6.45, 7) is 0.721. The molecule has 0 saturated carbocycles. The molecule has 21 heavy (non-hydrogen) atoms. The summed E-state index contributed by atoms with van der Waals surface area (Å²) in [4.78, 5) is 0.347. The maximum absolute atomic E-state index is 11.6. The van der Waals surface area contributed by atoms with Gasteiger partial charge in [0.15, 0.2) is 9.84 Å². The lowest BCUT2D eigenvalue weighted by Crippen LogP contribution is -1.99. The minimum Gasteiger partial charge on any atom is -0.343 e. The standard InChI is InChI=1S/C16H14ClNO2S/c1-21(19,20)15-6-7-16-13(10-15)8-9-18(16)11-12-2-4-14(17)5-3-12/h2-10H,11H2,1H3. The van der Waals surface area contributed by atoms with Crippen molar-refractivity contribution in [1.29, 1.82) is 0 Å². The van der Waals surface area contributed by atoms with Crippen molar-refractivity contribution in [3.05, 3.63) is 65.3 Å². The van der Waals surface area contributed by atoms with Crippen LogP contribution in [0.1, 0.15) is 5.56 Å². The summed E-state index contributed by atoms with van der Waals surface area (Å²) in [5.74, 6) is 0. The fourth-order valence-corrected chi connectivity index (χ4v) is 3.12. The third-order valence-electron chi connectivity index (χ3n) is 3.44. The molecule has 1 heterocycles.